The van der Waals surface area contributed by atoms with Crippen LogP contribution < -0.4 is 0 Å². The van der Waals surface area contributed by atoms with Gasteiger partial charge in [-0.3, -0.25) is 9.59 Å². The number of likely N-dealkylation sites (tertiary alicyclic amines) is 1. The zero-order valence-corrected chi connectivity index (χ0v) is 15.0. The predicted octanol–water partition coefficient (Wildman–Crippen LogP) is 2.97. The van der Waals surface area contributed by atoms with Crippen LogP contribution in [0.3, 0.4) is 0 Å². The molecule has 0 spiro atoms. The van der Waals surface area contributed by atoms with Crippen LogP contribution in [0.5, 0.6) is 0 Å². The van der Waals surface area contributed by atoms with Crippen LogP contribution in [0.25, 0.3) is 0 Å². The smallest absolute Gasteiger partial charge is 0.313 e. The fraction of sp³-hybridized carbons (Fsp3) is 0.667. The van der Waals surface area contributed by atoms with Crippen molar-refractivity contribution in [3.8, 4) is 0 Å². The Hall–Kier alpha value is -1.40. The van der Waals surface area contributed by atoms with Crippen LogP contribution in [0.2, 0.25) is 0 Å². The van der Waals surface area contributed by atoms with Crippen LogP contribution in [-0.2, 0) is 22.4 Å². The molecule has 5 nitrogen and oxygen atoms in total. The highest BCUT2D eigenvalue weighted by molar-refractivity contribution is 7.14. The third kappa shape index (κ3) is 3.35. The number of carbonyl (C=O) groups is 2. The molecule has 1 atom stereocenters. The first-order valence-electron chi connectivity index (χ1n) is 8.69. The highest BCUT2D eigenvalue weighted by atomic mass is 32.1. The number of amides is 1. The molecular weight excluding hydrogens is 326 g/mol. The summed E-state index contributed by atoms with van der Waals surface area (Å²) in [5, 5.41) is 9.54. The second-order valence-corrected chi connectivity index (χ2v) is 8.11. The molecular formula is C18H25NO4S. The zero-order chi connectivity index (χ0) is 17.2. The average Bonchev–Trinajstić information content (AvgIpc) is 3.12. The van der Waals surface area contributed by atoms with Gasteiger partial charge in [0.05, 0.1) is 11.5 Å². The highest BCUT2D eigenvalue weighted by Gasteiger charge is 2.46. The number of hydrogen-bond acceptors (Lipinski definition) is 4. The molecule has 1 fully saturated rings. The maximum absolute atomic E-state index is 12.9. The third-order valence-corrected chi connectivity index (χ3v) is 6.45. The van der Waals surface area contributed by atoms with E-state index in [1.165, 1.54) is 43.2 Å². The number of carboxylic acid groups (broad SMARTS) is 1. The SMILES string of the molecule is COCC1(C(=O)O)CCN(C(=O)c2cc3c(s2)CCCCCC3)C1. The van der Waals surface area contributed by atoms with Crippen LogP contribution in [0.15, 0.2) is 6.07 Å². The van der Waals surface area contributed by atoms with Gasteiger partial charge in [0.1, 0.15) is 5.41 Å². The molecule has 6 heteroatoms. The van der Waals surface area contributed by atoms with Gasteiger partial charge < -0.3 is 14.7 Å². The number of methoxy groups -OCH3 is 1. The predicted molar refractivity (Wildman–Crippen MR) is 92.7 cm³/mol. The molecule has 0 bridgehead atoms. The third-order valence-electron chi connectivity index (χ3n) is 5.22. The Bertz CT molecular complexity index is 601. The Morgan fingerprint density at radius 1 is 1.29 bits per heavy atom. The van der Waals surface area contributed by atoms with Crippen LogP contribution in [0.1, 0.15) is 52.2 Å². The molecule has 24 heavy (non-hydrogen) atoms. The van der Waals surface area contributed by atoms with Gasteiger partial charge in [-0.2, -0.15) is 0 Å². The lowest BCUT2D eigenvalue weighted by Gasteiger charge is -2.23. The lowest BCUT2D eigenvalue weighted by atomic mass is 9.88. The number of thiophene rings is 1. The highest BCUT2D eigenvalue weighted by Crippen LogP contribution is 2.34. The summed E-state index contributed by atoms with van der Waals surface area (Å²) in [6.45, 7) is 0.863. The van der Waals surface area contributed by atoms with Gasteiger partial charge in [-0.15, -0.1) is 11.3 Å². The number of nitrogens with zero attached hydrogens (tertiary/aromatic N) is 1. The molecule has 1 unspecified atom stereocenters. The fourth-order valence-corrected chi connectivity index (χ4v) is 5.00. The second-order valence-electron chi connectivity index (χ2n) is 6.97. The fourth-order valence-electron chi connectivity index (χ4n) is 3.78. The molecule has 1 aromatic rings. The standard InChI is InChI=1S/C18H25NO4S/c1-23-12-18(17(21)22)8-9-19(11-18)16(20)15-10-13-6-4-2-3-5-7-14(13)24-15/h10H,2-9,11-12H2,1H3,(H,21,22). The molecule has 1 saturated heterocycles. The minimum absolute atomic E-state index is 0.0222. The minimum atomic E-state index is -0.962. The average molecular weight is 351 g/mol. The van der Waals surface area contributed by atoms with Crippen molar-refractivity contribution in [2.45, 2.75) is 44.9 Å². The van der Waals surface area contributed by atoms with Crippen molar-refractivity contribution >= 4 is 23.2 Å². The molecule has 2 heterocycles. The molecule has 3 rings (SSSR count). The van der Waals surface area contributed by atoms with Crippen LogP contribution >= 0.6 is 11.3 Å². The van der Waals surface area contributed by atoms with E-state index in [0.29, 0.717) is 13.0 Å². The Morgan fingerprint density at radius 2 is 2.04 bits per heavy atom. The van der Waals surface area contributed by atoms with E-state index in [-0.39, 0.29) is 19.1 Å². The summed E-state index contributed by atoms with van der Waals surface area (Å²) in [7, 11) is 1.51. The maximum Gasteiger partial charge on any atom is 0.313 e. The lowest BCUT2D eigenvalue weighted by Crippen LogP contribution is -2.40. The van der Waals surface area contributed by atoms with Crippen molar-refractivity contribution in [2.24, 2.45) is 5.41 Å². The monoisotopic (exact) mass is 351 g/mol. The summed E-state index contributed by atoms with van der Waals surface area (Å²) in [5.74, 6) is -0.899. The second kappa shape index (κ2) is 7.23. The largest absolute Gasteiger partial charge is 0.481 e. The van der Waals surface area contributed by atoms with E-state index in [2.05, 4.69) is 0 Å². The van der Waals surface area contributed by atoms with Gasteiger partial charge in [0.2, 0.25) is 0 Å². The van der Waals surface area contributed by atoms with Gasteiger partial charge in [0.25, 0.3) is 5.91 Å². The normalized spacial score (nSPS) is 24.3. The van der Waals surface area contributed by atoms with E-state index in [9.17, 15) is 14.7 Å². The van der Waals surface area contributed by atoms with Crippen molar-refractivity contribution in [3.05, 3.63) is 21.4 Å². The van der Waals surface area contributed by atoms with Crippen molar-refractivity contribution in [3.63, 3.8) is 0 Å². The first-order valence-corrected chi connectivity index (χ1v) is 9.50. The van der Waals surface area contributed by atoms with E-state index in [4.69, 9.17) is 4.74 Å². The number of fused-ring (bicyclic) bond motifs is 1. The van der Waals surface area contributed by atoms with Gasteiger partial charge in [-0.25, -0.2) is 0 Å². The van der Waals surface area contributed by atoms with Gasteiger partial charge in [-0.1, -0.05) is 12.8 Å². The molecule has 2 aliphatic rings. The number of aliphatic carboxylic acids is 1. The van der Waals surface area contributed by atoms with Crippen molar-refractivity contribution in [1.29, 1.82) is 0 Å². The van der Waals surface area contributed by atoms with Crippen LogP contribution in [0.4, 0.5) is 0 Å². The van der Waals surface area contributed by atoms with E-state index >= 15 is 0 Å². The molecule has 1 N–H and O–H groups in total. The van der Waals surface area contributed by atoms with Crippen molar-refractivity contribution in [2.75, 3.05) is 26.8 Å². The molecule has 1 amide bonds. The molecule has 1 aliphatic heterocycles. The van der Waals surface area contributed by atoms with E-state index in [0.717, 1.165) is 17.7 Å². The Labute approximate surface area is 146 Å². The quantitative estimate of drug-likeness (QED) is 0.906. The number of carbonyl (C=O) groups excluding carboxylic acids is 1. The van der Waals surface area contributed by atoms with Crippen LogP contribution in [-0.4, -0.2) is 48.7 Å². The molecule has 0 radical (unpaired) electrons. The van der Waals surface area contributed by atoms with Gasteiger partial charge in [0, 0.05) is 25.1 Å². The number of hydrogen-bond donors (Lipinski definition) is 1. The Balaban J connectivity index is 1.75. The summed E-state index contributed by atoms with van der Waals surface area (Å²) < 4.78 is 5.10. The van der Waals surface area contributed by atoms with E-state index in [1.807, 2.05) is 6.07 Å². The van der Waals surface area contributed by atoms with Gasteiger partial charge in [-0.05, 0) is 43.7 Å². The topological polar surface area (TPSA) is 66.8 Å². The van der Waals surface area contributed by atoms with E-state index < -0.39 is 11.4 Å². The summed E-state index contributed by atoms with van der Waals surface area (Å²) in [5.41, 5.74) is 0.361. The molecule has 1 aromatic heterocycles. The molecule has 1 aliphatic carbocycles. The number of carboxylic acids is 1. The minimum Gasteiger partial charge on any atom is -0.481 e. The van der Waals surface area contributed by atoms with Crippen LogP contribution in [0, 0.1) is 5.41 Å². The van der Waals surface area contributed by atoms with Gasteiger partial charge in [0.15, 0.2) is 0 Å². The molecule has 0 aromatic carbocycles. The zero-order valence-electron chi connectivity index (χ0n) is 14.2. The Kier molecular flexibility index (Phi) is 5.25. The van der Waals surface area contributed by atoms with Crippen molar-refractivity contribution in [1.82, 2.24) is 4.90 Å². The summed E-state index contributed by atoms with van der Waals surface area (Å²) in [6, 6.07) is 2.05. The van der Waals surface area contributed by atoms with E-state index in [1.54, 1.807) is 16.2 Å². The molecule has 132 valence electrons. The van der Waals surface area contributed by atoms with Gasteiger partial charge >= 0.3 is 5.97 Å². The summed E-state index contributed by atoms with van der Waals surface area (Å²) in [6.07, 6.45) is 7.50. The number of aryl methyl sites for hydroxylation is 2. The summed E-state index contributed by atoms with van der Waals surface area (Å²) in [4.78, 5) is 28.3. The first-order chi connectivity index (χ1) is 11.6. The summed E-state index contributed by atoms with van der Waals surface area (Å²) >= 11 is 1.60. The molecule has 0 saturated carbocycles. The Morgan fingerprint density at radius 3 is 2.75 bits per heavy atom. The van der Waals surface area contributed by atoms with Crippen molar-refractivity contribution < 1.29 is 19.4 Å². The lowest BCUT2D eigenvalue weighted by molar-refractivity contribution is -0.151. The maximum atomic E-state index is 12.9. The first kappa shape index (κ1) is 17.4. The number of ether oxygens (including phenoxy) is 1. The number of rotatable bonds is 4.